The van der Waals surface area contributed by atoms with E-state index in [0.717, 1.165) is 12.8 Å². The molecule has 5 nitrogen and oxygen atoms in total. The standard InChI is InChI=1S/C12H19N3O2S/c1-8(16)10-7-18-12(14-10)15-11(17)13-9-5-3-2-4-6-9/h7-9,16H,2-6H2,1H3,(H2,13,14,15,17). The zero-order valence-electron chi connectivity index (χ0n) is 10.5. The third-order valence-corrected chi connectivity index (χ3v) is 3.89. The lowest BCUT2D eigenvalue weighted by Gasteiger charge is -2.22. The van der Waals surface area contributed by atoms with Gasteiger partial charge in [0.2, 0.25) is 0 Å². The van der Waals surface area contributed by atoms with Gasteiger partial charge in [-0.2, -0.15) is 0 Å². The Labute approximate surface area is 111 Å². The minimum Gasteiger partial charge on any atom is -0.387 e. The van der Waals surface area contributed by atoms with E-state index in [1.165, 1.54) is 30.6 Å². The van der Waals surface area contributed by atoms with Crippen molar-refractivity contribution in [2.24, 2.45) is 0 Å². The topological polar surface area (TPSA) is 74.2 Å². The number of aliphatic hydroxyl groups excluding tert-OH is 1. The van der Waals surface area contributed by atoms with Crippen LogP contribution in [0.1, 0.15) is 50.8 Å². The first kappa shape index (κ1) is 13.3. The maximum absolute atomic E-state index is 11.7. The van der Waals surface area contributed by atoms with E-state index in [4.69, 9.17) is 0 Å². The molecule has 1 aromatic rings. The van der Waals surface area contributed by atoms with E-state index in [9.17, 15) is 9.90 Å². The number of urea groups is 1. The molecule has 1 atom stereocenters. The van der Waals surface area contributed by atoms with Crippen LogP contribution < -0.4 is 10.6 Å². The number of aromatic nitrogens is 1. The molecule has 0 radical (unpaired) electrons. The Morgan fingerprint density at radius 1 is 1.50 bits per heavy atom. The molecule has 0 aromatic carbocycles. The van der Waals surface area contributed by atoms with Crippen LogP contribution in [0.3, 0.4) is 0 Å². The van der Waals surface area contributed by atoms with Crippen LogP contribution >= 0.6 is 11.3 Å². The molecule has 1 saturated carbocycles. The van der Waals surface area contributed by atoms with Crippen LogP contribution in [0.4, 0.5) is 9.93 Å². The number of hydrogen-bond donors (Lipinski definition) is 3. The highest BCUT2D eigenvalue weighted by molar-refractivity contribution is 7.13. The van der Waals surface area contributed by atoms with Crippen LogP contribution in [0, 0.1) is 0 Å². The monoisotopic (exact) mass is 269 g/mol. The average Bonchev–Trinajstić information content (AvgIpc) is 2.78. The van der Waals surface area contributed by atoms with Crippen molar-refractivity contribution in [1.29, 1.82) is 0 Å². The highest BCUT2D eigenvalue weighted by Crippen LogP contribution is 2.21. The van der Waals surface area contributed by atoms with Gasteiger partial charge in [-0.25, -0.2) is 9.78 Å². The predicted molar refractivity (Wildman–Crippen MR) is 71.8 cm³/mol. The van der Waals surface area contributed by atoms with Gasteiger partial charge >= 0.3 is 6.03 Å². The molecule has 1 heterocycles. The Balaban J connectivity index is 1.82. The summed E-state index contributed by atoms with van der Waals surface area (Å²) in [5.74, 6) is 0. The van der Waals surface area contributed by atoms with E-state index in [0.29, 0.717) is 10.8 Å². The number of carbonyl (C=O) groups is 1. The van der Waals surface area contributed by atoms with Gasteiger partial charge < -0.3 is 10.4 Å². The largest absolute Gasteiger partial charge is 0.387 e. The Bertz CT molecular complexity index is 400. The molecule has 100 valence electrons. The fourth-order valence-electron chi connectivity index (χ4n) is 2.10. The lowest BCUT2D eigenvalue weighted by molar-refractivity contribution is 0.195. The van der Waals surface area contributed by atoms with Crippen LogP contribution in [0.15, 0.2) is 5.38 Å². The van der Waals surface area contributed by atoms with Crippen LogP contribution in [0.2, 0.25) is 0 Å². The summed E-state index contributed by atoms with van der Waals surface area (Å²) < 4.78 is 0. The van der Waals surface area contributed by atoms with Crippen molar-refractivity contribution in [3.63, 3.8) is 0 Å². The highest BCUT2D eigenvalue weighted by Gasteiger charge is 2.16. The zero-order valence-corrected chi connectivity index (χ0v) is 11.3. The smallest absolute Gasteiger partial charge is 0.321 e. The van der Waals surface area contributed by atoms with Gasteiger partial charge in [0.05, 0.1) is 11.8 Å². The maximum atomic E-state index is 11.7. The van der Waals surface area contributed by atoms with Crippen molar-refractivity contribution < 1.29 is 9.90 Å². The summed E-state index contributed by atoms with van der Waals surface area (Å²) in [5, 5.41) is 17.3. The van der Waals surface area contributed by atoms with Crippen molar-refractivity contribution in [2.45, 2.75) is 51.2 Å². The first-order chi connectivity index (χ1) is 8.65. The van der Waals surface area contributed by atoms with Crippen molar-refractivity contribution in [2.75, 3.05) is 5.32 Å². The van der Waals surface area contributed by atoms with Gasteiger partial charge in [0.25, 0.3) is 0 Å². The molecule has 0 spiro atoms. The molecule has 0 bridgehead atoms. The van der Waals surface area contributed by atoms with Crippen LogP contribution in [0.25, 0.3) is 0 Å². The molecule has 1 unspecified atom stereocenters. The van der Waals surface area contributed by atoms with E-state index >= 15 is 0 Å². The summed E-state index contributed by atoms with van der Waals surface area (Å²) >= 11 is 1.33. The molecule has 0 aliphatic heterocycles. The summed E-state index contributed by atoms with van der Waals surface area (Å²) in [5.41, 5.74) is 0.591. The van der Waals surface area contributed by atoms with Crippen LogP contribution in [-0.2, 0) is 0 Å². The number of anilines is 1. The van der Waals surface area contributed by atoms with Gasteiger partial charge in [-0.15, -0.1) is 11.3 Å². The normalized spacial score (nSPS) is 18.3. The van der Waals surface area contributed by atoms with Crippen molar-refractivity contribution in [1.82, 2.24) is 10.3 Å². The van der Waals surface area contributed by atoms with Gasteiger partial charge in [0.15, 0.2) is 5.13 Å². The van der Waals surface area contributed by atoms with Gasteiger partial charge in [-0.3, -0.25) is 5.32 Å². The van der Waals surface area contributed by atoms with E-state index in [1.807, 2.05) is 0 Å². The number of rotatable bonds is 3. The lowest BCUT2D eigenvalue weighted by Crippen LogP contribution is -2.39. The fraction of sp³-hybridized carbons (Fsp3) is 0.667. The van der Waals surface area contributed by atoms with Crippen molar-refractivity contribution in [3.8, 4) is 0 Å². The van der Waals surface area contributed by atoms with E-state index in [1.54, 1.807) is 12.3 Å². The summed E-state index contributed by atoms with van der Waals surface area (Å²) in [6.07, 6.45) is 5.17. The third kappa shape index (κ3) is 3.68. The van der Waals surface area contributed by atoms with Gasteiger partial charge in [0.1, 0.15) is 0 Å². The minimum absolute atomic E-state index is 0.201. The van der Waals surface area contributed by atoms with Crippen LogP contribution in [0.5, 0.6) is 0 Å². The quantitative estimate of drug-likeness (QED) is 0.789. The molecule has 2 amide bonds. The number of hydrogen-bond acceptors (Lipinski definition) is 4. The number of thiazole rings is 1. The molecule has 2 rings (SSSR count). The summed E-state index contributed by atoms with van der Waals surface area (Å²) in [6, 6.07) is 0.0864. The predicted octanol–water partition coefficient (Wildman–Crippen LogP) is 2.65. The molecule has 18 heavy (non-hydrogen) atoms. The lowest BCUT2D eigenvalue weighted by atomic mass is 9.96. The first-order valence-electron chi connectivity index (χ1n) is 6.36. The summed E-state index contributed by atoms with van der Waals surface area (Å²) in [7, 11) is 0. The second-order valence-corrected chi connectivity index (χ2v) is 5.54. The van der Waals surface area contributed by atoms with E-state index < -0.39 is 6.10 Å². The minimum atomic E-state index is -0.599. The van der Waals surface area contributed by atoms with Gasteiger partial charge in [0, 0.05) is 11.4 Å². The van der Waals surface area contributed by atoms with Gasteiger partial charge in [-0.1, -0.05) is 19.3 Å². The number of carbonyl (C=O) groups excluding carboxylic acids is 1. The number of nitrogens with zero attached hydrogens (tertiary/aromatic N) is 1. The van der Waals surface area contributed by atoms with Crippen LogP contribution in [-0.4, -0.2) is 22.2 Å². The van der Waals surface area contributed by atoms with E-state index in [2.05, 4.69) is 15.6 Å². The van der Waals surface area contributed by atoms with Crippen molar-refractivity contribution >= 4 is 22.5 Å². The molecule has 0 saturated heterocycles. The number of nitrogens with one attached hydrogen (secondary N) is 2. The second-order valence-electron chi connectivity index (χ2n) is 4.69. The number of amides is 2. The Morgan fingerprint density at radius 2 is 2.22 bits per heavy atom. The average molecular weight is 269 g/mol. The Kier molecular flexibility index (Phi) is 4.54. The molecule has 6 heteroatoms. The SMILES string of the molecule is CC(O)c1csc(NC(=O)NC2CCCCC2)n1. The molecule has 1 aromatic heterocycles. The Hall–Kier alpha value is -1.14. The Morgan fingerprint density at radius 3 is 2.83 bits per heavy atom. The number of aliphatic hydroxyl groups is 1. The third-order valence-electron chi connectivity index (χ3n) is 3.11. The molecule has 1 aliphatic carbocycles. The molecule has 3 N–H and O–H groups in total. The first-order valence-corrected chi connectivity index (χ1v) is 7.24. The zero-order chi connectivity index (χ0) is 13.0. The summed E-state index contributed by atoms with van der Waals surface area (Å²) in [6.45, 7) is 1.65. The van der Waals surface area contributed by atoms with Crippen molar-refractivity contribution in [3.05, 3.63) is 11.1 Å². The molecular weight excluding hydrogens is 250 g/mol. The highest BCUT2D eigenvalue weighted by atomic mass is 32.1. The molecule has 1 aliphatic rings. The fourth-order valence-corrected chi connectivity index (χ4v) is 2.89. The summed E-state index contributed by atoms with van der Waals surface area (Å²) in [4.78, 5) is 15.9. The molecule has 1 fully saturated rings. The maximum Gasteiger partial charge on any atom is 0.321 e. The van der Waals surface area contributed by atoms with E-state index in [-0.39, 0.29) is 12.1 Å². The van der Waals surface area contributed by atoms with Gasteiger partial charge in [-0.05, 0) is 19.8 Å². The molecular formula is C12H19N3O2S. The second kappa shape index (κ2) is 6.15.